The van der Waals surface area contributed by atoms with Gasteiger partial charge in [0.2, 0.25) is 5.91 Å². The van der Waals surface area contributed by atoms with Gasteiger partial charge in [-0.1, -0.05) is 54.6 Å². The highest BCUT2D eigenvalue weighted by Gasteiger charge is 2.39. The number of hydrogen-bond donors (Lipinski definition) is 1. The van der Waals surface area contributed by atoms with Gasteiger partial charge in [0, 0.05) is 18.4 Å². The number of hydrogen-bond acceptors (Lipinski definition) is 3. The largest absolute Gasteiger partial charge is 0.573 e. The normalized spacial score (nSPS) is 12.6. The number of rotatable bonds is 10. The summed E-state index contributed by atoms with van der Waals surface area (Å²) in [6, 6.07) is 17.5. The second-order valence-electron chi connectivity index (χ2n) is 8.79. The van der Waals surface area contributed by atoms with Gasteiger partial charge < -0.3 is 14.8 Å². The van der Waals surface area contributed by atoms with E-state index >= 15 is 0 Å². The second kappa shape index (κ2) is 12.1. The van der Waals surface area contributed by atoms with Crippen LogP contribution in [0.1, 0.15) is 29.5 Å². The zero-order valence-corrected chi connectivity index (χ0v) is 20.5. The van der Waals surface area contributed by atoms with Gasteiger partial charge in [-0.3, -0.25) is 4.79 Å². The quantitative estimate of drug-likeness (QED) is 0.254. The standard InChI is InChI=1S/C27H22F9NO3/c28-25(29,30)13-12-23(38)37-17-24(16-18-6-2-1-3-7-18,19-8-4-10-21(14-19)39-26(31,32)33)20-9-5-11-22(15-20)40-27(34,35)36/h1-11,14-15H,12-13,16-17H2,(H,37,38). The van der Waals surface area contributed by atoms with Crippen molar-refractivity contribution in [1.82, 2.24) is 5.32 Å². The van der Waals surface area contributed by atoms with Crippen LogP contribution in [0.5, 0.6) is 11.5 Å². The van der Waals surface area contributed by atoms with Crippen LogP contribution in [0.25, 0.3) is 0 Å². The number of ether oxygens (including phenoxy) is 2. The van der Waals surface area contributed by atoms with E-state index in [1.165, 1.54) is 24.3 Å². The van der Waals surface area contributed by atoms with Crippen molar-refractivity contribution < 1.29 is 53.8 Å². The molecule has 0 aliphatic carbocycles. The van der Waals surface area contributed by atoms with Crippen LogP contribution in [0.3, 0.4) is 0 Å². The molecule has 3 rings (SSSR count). The van der Waals surface area contributed by atoms with E-state index < -0.39 is 61.1 Å². The maximum atomic E-state index is 13.0. The molecule has 0 spiro atoms. The Morgan fingerprint density at radius 1 is 0.675 bits per heavy atom. The molecule has 0 saturated carbocycles. The van der Waals surface area contributed by atoms with Gasteiger partial charge in [0.1, 0.15) is 11.5 Å². The van der Waals surface area contributed by atoms with Crippen LogP contribution >= 0.6 is 0 Å². The Morgan fingerprint density at radius 3 is 1.62 bits per heavy atom. The van der Waals surface area contributed by atoms with E-state index in [0.29, 0.717) is 5.56 Å². The predicted octanol–water partition coefficient (Wildman–Crippen LogP) is 7.47. The first-order chi connectivity index (χ1) is 18.5. The molecule has 1 N–H and O–H groups in total. The minimum absolute atomic E-state index is 0.0818. The van der Waals surface area contributed by atoms with Gasteiger partial charge in [0.25, 0.3) is 0 Å². The highest BCUT2D eigenvalue weighted by molar-refractivity contribution is 5.76. The molecular formula is C27H22F9NO3. The monoisotopic (exact) mass is 579 g/mol. The van der Waals surface area contributed by atoms with Crippen molar-refractivity contribution in [3.63, 3.8) is 0 Å². The Morgan fingerprint density at radius 2 is 1.18 bits per heavy atom. The van der Waals surface area contributed by atoms with Gasteiger partial charge in [0.05, 0.1) is 6.42 Å². The Kier molecular flexibility index (Phi) is 9.26. The number of carbonyl (C=O) groups excluding carboxylic acids is 1. The van der Waals surface area contributed by atoms with Crippen molar-refractivity contribution in [3.8, 4) is 11.5 Å². The van der Waals surface area contributed by atoms with Crippen LogP contribution in [0.2, 0.25) is 0 Å². The van der Waals surface area contributed by atoms with E-state index in [0.717, 1.165) is 24.3 Å². The molecule has 0 radical (unpaired) electrons. The Balaban J connectivity index is 2.16. The summed E-state index contributed by atoms with van der Waals surface area (Å²) in [6.45, 7) is -0.483. The summed E-state index contributed by atoms with van der Waals surface area (Å²) in [7, 11) is 0. The zero-order chi connectivity index (χ0) is 29.6. The van der Waals surface area contributed by atoms with Crippen LogP contribution < -0.4 is 14.8 Å². The van der Waals surface area contributed by atoms with Crippen LogP contribution in [0, 0.1) is 0 Å². The highest BCUT2D eigenvalue weighted by Crippen LogP contribution is 2.40. The molecule has 13 heteroatoms. The van der Waals surface area contributed by atoms with Crippen molar-refractivity contribution in [2.24, 2.45) is 0 Å². The average molecular weight is 579 g/mol. The van der Waals surface area contributed by atoms with E-state index in [1.807, 2.05) is 0 Å². The molecular weight excluding hydrogens is 557 g/mol. The summed E-state index contributed by atoms with van der Waals surface area (Å²) < 4.78 is 124. The number of carbonyl (C=O) groups is 1. The molecule has 4 nitrogen and oxygen atoms in total. The molecule has 0 heterocycles. The van der Waals surface area contributed by atoms with E-state index in [9.17, 15) is 44.3 Å². The maximum absolute atomic E-state index is 13.0. The van der Waals surface area contributed by atoms with E-state index in [1.54, 1.807) is 30.3 Å². The zero-order valence-electron chi connectivity index (χ0n) is 20.5. The first-order valence-electron chi connectivity index (χ1n) is 11.6. The Hall–Kier alpha value is -3.90. The summed E-state index contributed by atoms with van der Waals surface area (Å²) in [4.78, 5) is 12.4. The third-order valence-corrected chi connectivity index (χ3v) is 5.81. The SMILES string of the molecule is O=C(CCC(F)(F)F)NCC(Cc1ccccc1)(c1cccc(OC(F)(F)F)c1)c1cccc(OC(F)(F)F)c1. The van der Waals surface area contributed by atoms with E-state index in [4.69, 9.17) is 0 Å². The third-order valence-electron chi connectivity index (χ3n) is 5.81. The lowest BCUT2D eigenvalue weighted by atomic mass is 9.70. The lowest BCUT2D eigenvalue weighted by Crippen LogP contribution is -2.43. The van der Waals surface area contributed by atoms with Crippen LogP contribution in [-0.2, 0) is 16.6 Å². The molecule has 0 fully saturated rings. The molecule has 216 valence electrons. The molecule has 0 atom stereocenters. The summed E-state index contributed by atoms with van der Waals surface area (Å²) in [5.41, 5.74) is -0.848. The van der Waals surface area contributed by atoms with Crippen LogP contribution in [0.4, 0.5) is 39.5 Å². The van der Waals surface area contributed by atoms with Crippen molar-refractivity contribution in [3.05, 3.63) is 95.6 Å². The summed E-state index contributed by atoms with van der Waals surface area (Å²) in [5.74, 6) is -2.30. The third kappa shape index (κ3) is 9.38. The molecule has 0 aromatic heterocycles. The fourth-order valence-electron chi connectivity index (χ4n) is 4.16. The van der Waals surface area contributed by atoms with Crippen molar-refractivity contribution >= 4 is 5.91 Å². The van der Waals surface area contributed by atoms with Crippen molar-refractivity contribution in [2.45, 2.75) is 43.6 Å². The maximum Gasteiger partial charge on any atom is 0.573 e. The smallest absolute Gasteiger partial charge is 0.406 e. The first kappa shape index (κ1) is 30.6. The lowest BCUT2D eigenvalue weighted by molar-refractivity contribution is -0.275. The molecule has 0 aliphatic heterocycles. The molecule has 0 aliphatic rings. The Bertz CT molecular complexity index is 1210. The van der Waals surface area contributed by atoms with Gasteiger partial charge >= 0.3 is 18.9 Å². The first-order valence-corrected chi connectivity index (χ1v) is 11.6. The molecule has 1 amide bonds. The summed E-state index contributed by atoms with van der Waals surface area (Å²) >= 11 is 0. The lowest BCUT2D eigenvalue weighted by Gasteiger charge is -2.36. The van der Waals surface area contributed by atoms with Gasteiger partial charge in [-0.2, -0.15) is 13.2 Å². The minimum atomic E-state index is -5.06. The molecule has 3 aromatic rings. The topological polar surface area (TPSA) is 47.6 Å². The average Bonchev–Trinajstić information content (AvgIpc) is 2.84. The number of alkyl halides is 9. The number of amides is 1. The van der Waals surface area contributed by atoms with Gasteiger partial charge in [-0.25, -0.2) is 0 Å². The number of halogens is 9. The molecule has 40 heavy (non-hydrogen) atoms. The van der Waals surface area contributed by atoms with Crippen LogP contribution in [-0.4, -0.2) is 31.4 Å². The molecule has 3 aromatic carbocycles. The molecule has 0 bridgehead atoms. The second-order valence-corrected chi connectivity index (χ2v) is 8.79. The summed E-state index contributed by atoms with van der Waals surface area (Å²) in [6.07, 6.45) is -17.2. The van der Waals surface area contributed by atoms with E-state index in [-0.39, 0.29) is 17.5 Å². The van der Waals surface area contributed by atoms with Crippen molar-refractivity contribution in [2.75, 3.05) is 6.54 Å². The molecule has 0 saturated heterocycles. The fourth-order valence-corrected chi connectivity index (χ4v) is 4.16. The van der Waals surface area contributed by atoms with Gasteiger partial charge in [-0.05, 0) is 47.4 Å². The molecule has 0 unspecified atom stereocenters. The fraction of sp³-hybridized carbons (Fsp3) is 0.296. The van der Waals surface area contributed by atoms with E-state index in [2.05, 4.69) is 14.8 Å². The highest BCUT2D eigenvalue weighted by atomic mass is 19.4. The Labute approximate surface area is 222 Å². The minimum Gasteiger partial charge on any atom is -0.406 e. The van der Waals surface area contributed by atoms with Crippen molar-refractivity contribution in [1.29, 1.82) is 0 Å². The predicted molar refractivity (Wildman–Crippen MR) is 125 cm³/mol. The number of benzene rings is 3. The van der Waals surface area contributed by atoms with Gasteiger partial charge in [-0.15, -0.1) is 26.3 Å². The number of nitrogens with one attached hydrogen (secondary N) is 1. The van der Waals surface area contributed by atoms with Gasteiger partial charge in [0.15, 0.2) is 0 Å². The van der Waals surface area contributed by atoms with Crippen LogP contribution in [0.15, 0.2) is 78.9 Å². The summed E-state index contributed by atoms with van der Waals surface area (Å²) in [5, 5.41) is 2.38.